The van der Waals surface area contributed by atoms with Crippen molar-refractivity contribution >= 4 is 17.7 Å². The zero-order valence-electron chi connectivity index (χ0n) is 12.8. The number of carboxylic acid groups (broad SMARTS) is 1. The van der Waals surface area contributed by atoms with E-state index >= 15 is 0 Å². The summed E-state index contributed by atoms with van der Waals surface area (Å²) in [6.07, 6.45) is 0. The van der Waals surface area contributed by atoms with Gasteiger partial charge in [-0.2, -0.15) is 0 Å². The third-order valence-corrected chi connectivity index (χ3v) is 3.07. The number of ether oxygens (including phenoxy) is 1. The highest BCUT2D eigenvalue weighted by Crippen LogP contribution is 2.21. The Morgan fingerprint density at radius 2 is 2.10 bits per heavy atom. The van der Waals surface area contributed by atoms with Gasteiger partial charge < -0.3 is 20.1 Å². The molecule has 0 aliphatic carbocycles. The van der Waals surface area contributed by atoms with E-state index < -0.39 is 11.9 Å². The molecule has 1 rings (SSSR count). The second-order valence-corrected chi connectivity index (χ2v) is 4.96. The first kappa shape index (κ1) is 16.8. The number of aryl methyl sites for hydroxylation is 1. The van der Waals surface area contributed by atoms with Crippen molar-refractivity contribution in [3.05, 3.63) is 23.8 Å². The maximum Gasteiger partial charge on any atom is 0.321 e. The van der Waals surface area contributed by atoms with Crippen LogP contribution >= 0.6 is 0 Å². The largest absolute Gasteiger partial charge is 0.494 e. The number of carbonyl (C=O) groups is 2. The van der Waals surface area contributed by atoms with Crippen molar-refractivity contribution in [1.82, 2.24) is 4.90 Å². The summed E-state index contributed by atoms with van der Waals surface area (Å²) in [5.74, 6) is -0.782. The summed E-state index contributed by atoms with van der Waals surface area (Å²) in [6.45, 7) is 6.08. The zero-order chi connectivity index (χ0) is 16.0. The number of carboxylic acids is 1. The third-order valence-electron chi connectivity index (χ3n) is 3.07. The van der Waals surface area contributed by atoms with Crippen LogP contribution in [0.2, 0.25) is 0 Å². The van der Waals surface area contributed by atoms with Crippen LogP contribution in [0.5, 0.6) is 5.75 Å². The number of rotatable bonds is 6. The minimum absolute atomic E-state index is 0.150. The molecule has 1 aromatic rings. The van der Waals surface area contributed by atoms with Crippen molar-refractivity contribution in [3.63, 3.8) is 0 Å². The molecule has 2 amide bonds. The molecule has 0 radical (unpaired) electrons. The van der Waals surface area contributed by atoms with Gasteiger partial charge in [-0.1, -0.05) is 6.92 Å². The lowest BCUT2D eigenvalue weighted by molar-refractivity contribution is -0.141. The normalized spacial score (nSPS) is 11.6. The van der Waals surface area contributed by atoms with Crippen LogP contribution in [-0.2, 0) is 4.79 Å². The van der Waals surface area contributed by atoms with Gasteiger partial charge in [0.2, 0.25) is 0 Å². The Morgan fingerprint density at radius 3 is 2.62 bits per heavy atom. The SMILES string of the molecule is CCOc1ccc(NC(=O)N(C)CC(C)C(=O)O)c(C)c1. The molecular formula is C15H22N2O4. The fourth-order valence-corrected chi connectivity index (χ4v) is 1.82. The lowest BCUT2D eigenvalue weighted by Gasteiger charge is -2.20. The average molecular weight is 294 g/mol. The maximum absolute atomic E-state index is 12.0. The second kappa shape index (κ2) is 7.52. The van der Waals surface area contributed by atoms with E-state index in [-0.39, 0.29) is 12.6 Å². The molecule has 0 saturated carbocycles. The molecule has 1 unspecified atom stereocenters. The first-order chi connectivity index (χ1) is 9.85. The summed E-state index contributed by atoms with van der Waals surface area (Å²) in [4.78, 5) is 24.2. The molecule has 6 nitrogen and oxygen atoms in total. The van der Waals surface area contributed by atoms with Gasteiger partial charge in [0.15, 0.2) is 0 Å². The molecular weight excluding hydrogens is 272 g/mol. The molecule has 0 bridgehead atoms. The predicted molar refractivity (Wildman–Crippen MR) is 80.8 cm³/mol. The van der Waals surface area contributed by atoms with E-state index in [1.165, 1.54) is 4.90 Å². The Labute approximate surface area is 124 Å². The average Bonchev–Trinajstić information content (AvgIpc) is 2.41. The molecule has 1 atom stereocenters. The summed E-state index contributed by atoms with van der Waals surface area (Å²) in [5, 5.41) is 11.6. The number of aliphatic carboxylic acids is 1. The molecule has 0 saturated heterocycles. The van der Waals surface area contributed by atoms with Gasteiger partial charge in [0.05, 0.1) is 12.5 Å². The van der Waals surface area contributed by atoms with Crippen LogP contribution in [0.4, 0.5) is 10.5 Å². The van der Waals surface area contributed by atoms with Crippen LogP contribution in [0.15, 0.2) is 18.2 Å². The minimum atomic E-state index is -0.924. The van der Waals surface area contributed by atoms with E-state index in [4.69, 9.17) is 9.84 Å². The number of nitrogens with zero attached hydrogens (tertiary/aromatic N) is 1. The summed E-state index contributed by atoms with van der Waals surface area (Å²) in [7, 11) is 1.57. The smallest absolute Gasteiger partial charge is 0.321 e. The summed E-state index contributed by atoms with van der Waals surface area (Å²) >= 11 is 0. The van der Waals surface area contributed by atoms with Crippen molar-refractivity contribution in [2.45, 2.75) is 20.8 Å². The third kappa shape index (κ3) is 4.98. The van der Waals surface area contributed by atoms with Gasteiger partial charge in [-0.05, 0) is 37.6 Å². The highest BCUT2D eigenvalue weighted by atomic mass is 16.5. The Kier molecular flexibility index (Phi) is 6.02. The van der Waals surface area contributed by atoms with Gasteiger partial charge in [0.25, 0.3) is 0 Å². The summed E-state index contributed by atoms with van der Waals surface area (Å²) in [6, 6.07) is 5.06. The number of carbonyl (C=O) groups excluding carboxylic acids is 1. The molecule has 1 aromatic carbocycles. The number of hydrogen-bond acceptors (Lipinski definition) is 3. The van der Waals surface area contributed by atoms with Crippen molar-refractivity contribution in [3.8, 4) is 5.75 Å². The fraction of sp³-hybridized carbons (Fsp3) is 0.467. The van der Waals surface area contributed by atoms with E-state index in [0.29, 0.717) is 12.3 Å². The summed E-state index contributed by atoms with van der Waals surface area (Å²) < 4.78 is 5.38. The predicted octanol–water partition coefficient (Wildman–Crippen LogP) is 2.58. The lowest BCUT2D eigenvalue weighted by Crippen LogP contribution is -2.36. The van der Waals surface area contributed by atoms with E-state index in [9.17, 15) is 9.59 Å². The number of urea groups is 1. The molecule has 0 heterocycles. The molecule has 0 aliphatic heterocycles. The standard InChI is InChI=1S/C15H22N2O4/c1-5-21-12-6-7-13(10(2)8-12)16-15(20)17(4)9-11(3)14(18)19/h6-8,11H,5,9H2,1-4H3,(H,16,20)(H,18,19). The number of benzene rings is 1. The maximum atomic E-state index is 12.0. The molecule has 6 heteroatoms. The minimum Gasteiger partial charge on any atom is -0.494 e. The topological polar surface area (TPSA) is 78.9 Å². The van der Waals surface area contributed by atoms with Gasteiger partial charge in [-0.25, -0.2) is 4.79 Å². The van der Waals surface area contributed by atoms with Gasteiger partial charge >= 0.3 is 12.0 Å². The lowest BCUT2D eigenvalue weighted by atomic mass is 10.2. The highest BCUT2D eigenvalue weighted by Gasteiger charge is 2.17. The van der Waals surface area contributed by atoms with Gasteiger partial charge in [-0.3, -0.25) is 4.79 Å². The first-order valence-corrected chi connectivity index (χ1v) is 6.83. The first-order valence-electron chi connectivity index (χ1n) is 6.83. The van der Waals surface area contributed by atoms with Gasteiger partial charge in [-0.15, -0.1) is 0 Å². The van der Waals surface area contributed by atoms with Crippen LogP contribution in [0, 0.1) is 12.8 Å². The van der Waals surface area contributed by atoms with E-state index in [1.807, 2.05) is 19.9 Å². The zero-order valence-corrected chi connectivity index (χ0v) is 12.8. The Hall–Kier alpha value is -2.24. The highest BCUT2D eigenvalue weighted by molar-refractivity contribution is 5.90. The molecule has 0 fully saturated rings. The number of nitrogens with one attached hydrogen (secondary N) is 1. The quantitative estimate of drug-likeness (QED) is 0.845. The van der Waals surface area contributed by atoms with Gasteiger partial charge in [0, 0.05) is 19.3 Å². The molecule has 0 aliphatic rings. The van der Waals surface area contributed by atoms with Crippen LogP contribution in [-0.4, -0.2) is 42.2 Å². The number of anilines is 1. The van der Waals surface area contributed by atoms with Crippen LogP contribution in [0.3, 0.4) is 0 Å². The van der Waals surface area contributed by atoms with Crippen LogP contribution < -0.4 is 10.1 Å². The van der Waals surface area contributed by atoms with E-state index in [1.54, 1.807) is 26.1 Å². The Bertz CT molecular complexity index is 516. The van der Waals surface area contributed by atoms with Crippen LogP contribution in [0.1, 0.15) is 19.4 Å². The summed E-state index contributed by atoms with van der Waals surface area (Å²) in [5.41, 5.74) is 1.56. The molecule has 21 heavy (non-hydrogen) atoms. The number of hydrogen-bond donors (Lipinski definition) is 2. The molecule has 0 spiro atoms. The van der Waals surface area contributed by atoms with Crippen LogP contribution in [0.25, 0.3) is 0 Å². The molecule has 0 aromatic heterocycles. The monoisotopic (exact) mass is 294 g/mol. The molecule has 116 valence electrons. The Morgan fingerprint density at radius 1 is 1.43 bits per heavy atom. The van der Waals surface area contributed by atoms with Crippen molar-refractivity contribution < 1.29 is 19.4 Å². The fourth-order valence-electron chi connectivity index (χ4n) is 1.82. The van der Waals surface area contributed by atoms with Crippen molar-refractivity contribution in [2.75, 3.05) is 25.5 Å². The van der Waals surface area contributed by atoms with Crippen molar-refractivity contribution in [2.24, 2.45) is 5.92 Å². The number of amides is 2. The molecule has 2 N–H and O–H groups in total. The van der Waals surface area contributed by atoms with E-state index in [2.05, 4.69) is 5.32 Å². The van der Waals surface area contributed by atoms with Crippen molar-refractivity contribution in [1.29, 1.82) is 0 Å². The Balaban J connectivity index is 2.68. The van der Waals surface area contributed by atoms with E-state index in [0.717, 1.165) is 11.3 Å². The second-order valence-electron chi connectivity index (χ2n) is 4.96. The van der Waals surface area contributed by atoms with Gasteiger partial charge in [0.1, 0.15) is 5.75 Å².